The quantitative estimate of drug-likeness (QED) is 0.687. The third-order valence-electron chi connectivity index (χ3n) is 3.55. The fourth-order valence-corrected chi connectivity index (χ4v) is 3.65. The number of hydrogen-bond donors (Lipinski definition) is 1. The number of methoxy groups -OCH3 is 1. The molecule has 0 radical (unpaired) electrons. The summed E-state index contributed by atoms with van der Waals surface area (Å²) in [5, 5.41) is -0.195. The molecule has 136 valence electrons. The molecule has 3 heterocycles. The molecule has 1 N–H and O–H groups in total. The highest BCUT2D eigenvalue weighted by Gasteiger charge is 2.22. The Balaban J connectivity index is 1.87. The Morgan fingerprint density at radius 3 is 2.65 bits per heavy atom. The van der Waals surface area contributed by atoms with Crippen LogP contribution in [0.4, 0.5) is 0 Å². The van der Waals surface area contributed by atoms with Crippen LogP contribution in [0.1, 0.15) is 5.69 Å². The van der Waals surface area contributed by atoms with E-state index in [-0.39, 0.29) is 16.7 Å². The number of sulfonamides is 1. The van der Waals surface area contributed by atoms with Gasteiger partial charge >= 0.3 is 0 Å². The van der Waals surface area contributed by atoms with Crippen LogP contribution in [-0.2, 0) is 23.6 Å². The van der Waals surface area contributed by atoms with Gasteiger partial charge in [0.05, 0.1) is 37.1 Å². The second-order valence-corrected chi connectivity index (χ2v) is 7.41. The molecule has 0 fully saturated rings. The fraction of sp³-hybridized carbons (Fsp3) is 0.188. The van der Waals surface area contributed by atoms with Crippen LogP contribution in [0.2, 0.25) is 5.15 Å². The van der Waals surface area contributed by atoms with Crippen molar-refractivity contribution in [2.45, 2.75) is 11.6 Å². The molecule has 0 spiro atoms. The van der Waals surface area contributed by atoms with Crippen LogP contribution < -0.4 is 9.46 Å². The fourth-order valence-electron chi connectivity index (χ4n) is 2.23. The molecule has 10 heteroatoms. The SMILES string of the molecule is COc1cc(CNS(=O)(=O)c2ncn(C)c2Cl)nc(-c2ccccn2)c1. The first-order valence-corrected chi connectivity index (χ1v) is 9.39. The van der Waals surface area contributed by atoms with Gasteiger partial charge in [0.25, 0.3) is 10.0 Å². The lowest BCUT2D eigenvalue weighted by Crippen LogP contribution is -2.24. The highest BCUT2D eigenvalue weighted by Crippen LogP contribution is 2.22. The molecule has 0 amide bonds. The van der Waals surface area contributed by atoms with Gasteiger partial charge in [-0.3, -0.25) is 4.98 Å². The summed E-state index contributed by atoms with van der Waals surface area (Å²) in [4.78, 5) is 12.5. The van der Waals surface area contributed by atoms with Gasteiger partial charge in [-0.1, -0.05) is 17.7 Å². The molecule has 0 unspecified atom stereocenters. The predicted molar refractivity (Wildman–Crippen MR) is 96.3 cm³/mol. The van der Waals surface area contributed by atoms with E-state index < -0.39 is 10.0 Å². The van der Waals surface area contributed by atoms with Gasteiger partial charge in [-0.25, -0.2) is 23.1 Å². The van der Waals surface area contributed by atoms with Crippen LogP contribution in [-0.4, -0.2) is 35.0 Å². The van der Waals surface area contributed by atoms with E-state index >= 15 is 0 Å². The molecular formula is C16H16ClN5O3S. The minimum atomic E-state index is -3.88. The summed E-state index contributed by atoms with van der Waals surface area (Å²) < 4.78 is 34.0. The Labute approximate surface area is 155 Å². The molecule has 0 bridgehead atoms. The van der Waals surface area contributed by atoms with Crippen LogP contribution >= 0.6 is 11.6 Å². The van der Waals surface area contributed by atoms with E-state index in [0.29, 0.717) is 22.8 Å². The lowest BCUT2D eigenvalue weighted by atomic mass is 10.2. The first kappa shape index (κ1) is 18.3. The van der Waals surface area contributed by atoms with Crippen molar-refractivity contribution < 1.29 is 13.2 Å². The molecule has 3 aromatic heterocycles. The first-order valence-electron chi connectivity index (χ1n) is 7.53. The molecule has 0 atom stereocenters. The van der Waals surface area contributed by atoms with Gasteiger partial charge < -0.3 is 9.30 Å². The van der Waals surface area contributed by atoms with Crippen molar-refractivity contribution in [2.75, 3.05) is 7.11 Å². The number of aromatic nitrogens is 4. The van der Waals surface area contributed by atoms with Crippen LogP contribution in [0.3, 0.4) is 0 Å². The van der Waals surface area contributed by atoms with Crippen LogP contribution in [0.15, 0.2) is 47.9 Å². The molecule has 0 aliphatic rings. The van der Waals surface area contributed by atoms with Gasteiger partial charge in [0.1, 0.15) is 10.9 Å². The number of nitrogens with zero attached hydrogens (tertiary/aromatic N) is 4. The average Bonchev–Trinajstić information content (AvgIpc) is 3.00. The lowest BCUT2D eigenvalue weighted by Gasteiger charge is -2.09. The number of imidazole rings is 1. The van der Waals surface area contributed by atoms with Gasteiger partial charge in [-0.2, -0.15) is 0 Å². The molecule has 26 heavy (non-hydrogen) atoms. The van der Waals surface area contributed by atoms with Gasteiger partial charge in [-0.05, 0) is 12.1 Å². The van der Waals surface area contributed by atoms with Crippen LogP contribution in [0.25, 0.3) is 11.4 Å². The van der Waals surface area contributed by atoms with Crippen LogP contribution in [0, 0.1) is 0 Å². The van der Waals surface area contributed by atoms with Crippen molar-refractivity contribution in [2.24, 2.45) is 7.05 Å². The maximum absolute atomic E-state index is 12.4. The maximum atomic E-state index is 12.4. The zero-order chi connectivity index (χ0) is 18.7. The minimum absolute atomic E-state index is 0.0327. The second-order valence-electron chi connectivity index (χ2n) is 5.37. The number of nitrogens with one attached hydrogen (secondary N) is 1. The number of pyridine rings is 2. The molecule has 0 aromatic carbocycles. The molecule has 3 aromatic rings. The van der Waals surface area contributed by atoms with Crippen LogP contribution in [0.5, 0.6) is 5.75 Å². The zero-order valence-electron chi connectivity index (χ0n) is 14.0. The van der Waals surface area contributed by atoms with Crippen molar-refractivity contribution in [3.63, 3.8) is 0 Å². The van der Waals surface area contributed by atoms with E-state index in [1.54, 1.807) is 31.4 Å². The van der Waals surface area contributed by atoms with Gasteiger partial charge in [0.15, 0.2) is 0 Å². The predicted octanol–water partition coefficient (Wildman–Crippen LogP) is 2.02. The Hall–Kier alpha value is -2.49. The normalized spacial score (nSPS) is 11.5. The van der Waals surface area contributed by atoms with E-state index in [9.17, 15) is 8.42 Å². The largest absolute Gasteiger partial charge is 0.497 e. The Morgan fingerprint density at radius 2 is 2.04 bits per heavy atom. The average molecular weight is 394 g/mol. The zero-order valence-corrected chi connectivity index (χ0v) is 15.6. The number of ether oxygens (including phenoxy) is 1. The minimum Gasteiger partial charge on any atom is -0.497 e. The second kappa shape index (κ2) is 7.40. The highest BCUT2D eigenvalue weighted by atomic mass is 35.5. The lowest BCUT2D eigenvalue weighted by molar-refractivity contribution is 0.413. The molecule has 0 saturated carbocycles. The maximum Gasteiger partial charge on any atom is 0.261 e. The Morgan fingerprint density at radius 1 is 1.23 bits per heavy atom. The van der Waals surface area contributed by atoms with Gasteiger partial charge in [0.2, 0.25) is 5.03 Å². The molecule has 3 rings (SSSR count). The molecule has 0 aliphatic heterocycles. The number of aryl methyl sites for hydroxylation is 1. The summed E-state index contributed by atoms with van der Waals surface area (Å²) in [7, 11) is -0.741. The monoisotopic (exact) mass is 393 g/mol. The summed E-state index contributed by atoms with van der Waals surface area (Å²) in [6, 6.07) is 8.83. The standard InChI is InChI=1S/C16H16ClN5O3S/c1-22-10-19-16(15(22)17)26(23,24)20-9-11-7-12(25-2)8-14(21-11)13-5-3-4-6-18-13/h3-8,10,20H,9H2,1-2H3. The third-order valence-corrected chi connectivity index (χ3v) is 5.44. The smallest absolute Gasteiger partial charge is 0.261 e. The Kier molecular flexibility index (Phi) is 5.21. The number of rotatable bonds is 6. The molecule has 0 saturated heterocycles. The van der Waals surface area contributed by atoms with Crippen molar-refractivity contribution in [3.05, 3.63) is 53.7 Å². The number of halogens is 1. The summed E-state index contributed by atoms with van der Waals surface area (Å²) >= 11 is 5.97. The van der Waals surface area contributed by atoms with Crippen molar-refractivity contribution in [1.82, 2.24) is 24.2 Å². The van der Waals surface area contributed by atoms with E-state index in [2.05, 4.69) is 19.7 Å². The topological polar surface area (TPSA) is 99.0 Å². The van der Waals surface area contributed by atoms with E-state index in [1.165, 1.54) is 18.0 Å². The van der Waals surface area contributed by atoms with E-state index in [0.717, 1.165) is 0 Å². The Bertz CT molecular complexity index is 1020. The summed E-state index contributed by atoms with van der Waals surface area (Å²) in [5.41, 5.74) is 1.71. The highest BCUT2D eigenvalue weighted by molar-refractivity contribution is 7.89. The summed E-state index contributed by atoms with van der Waals surface area (Å²) in [6.45, 7) is -0.0493. The van der Waals surface area contributed by atoms with E-state index in [1.807, 2.05) is 12.1 Å². The van der Waals surface area contributed by atoms with Crippen molar-refractivity contribution >= 4 is 21.6 Å². The van der Waals surface area contributed by atoms with Crippen molar-refractivity contribution in [3.8, 4) is 17.1 Å². The number of hydrogen-bond acceptors (Lipinski definition) is 6. The van der Waals surface area contributed by atoms with E-state index in [4.69, 9.17) is 16.3 Å². The van der Waals surface area contributed by atoms with Crippen molar-refractivity contribution in [1.29, 1.82) is 0 Å². The third kappa shape index (κ3) is 3.85. The summed E-state index contributed by atoms with van der Waals surface area (Å²) in [5.74, 6) is 0.547. The molecule has 0 aliphatic carbocycles. The summed E-state index contributed by atoms with van der Waals surface area (Å²) in [6.07, 6.45) is 2.99. The van der Waals surface area contributed by atoms with Gasteiger partial charge in [0, 0.05) is 25.4 Å². The first-order chi connectivity index (χ1) is 12.4. The van der Waals surface area contributed by atoms with Gasteiger partial charge in [-0.15, -0.1) is 0 Å². The molecule has 8 nitrogen and oxygen atoms in total. The molecular weight excluding hydrogens is 378 g/mol.